The van der Waals surface area contributed by atoms with E-state index in [1.165, 1.54) is 0 Å². The van der Waals surface area contributed by atoms with E-state index in [0.717, 1.165) is 4.90 Å². The highest BCUT2D eigenvalue weighted by molar-refractivity contribution is 6.35. The van der Waals surface area contributed by atoms with E-state index in [4.69, 9.17) is 11.6 Å². The largest absolute Gasteiger partial charge is 0.368 e. The first-order chi connectivity index (χ1) is 6.07. The highest BCUT2D eigenvalue weighted by atomic mass is 16.2. The Morgan fingerprint density at radius 1 is 1.38 bits per heavy atom. The van der Waals surface area contributed by atoms with Crippen LogP contribution >= 0.6 is 0 Å². The smallest absolute Gasteiger partial charge is 0.323 e. The average molecular weight is 186 g/mol. The van der Waals surface area contributed by atoms with Gasteiger partial charge in [0.05, 0.1) is 0 Å². The summed E-state index contributed by atoms with van der Waals surface area (Å²) < 4.78 is 0. The van der Waals surface area contributed by atoms with Gasteiger partial charge in [0, 0.05) is 6.54 Å². The van der Waals surface area contributed by atoms with E-state index in [1.807, 2.05) is 0 Å². The summed E-state index contributed by atoms with van der Waals surface area (Å²) in [6.07, 6.45) is 0.499. The third-order valence-corrected chi connectivity index (χ3v) is 1.93. The second-order valence-corrected chi connectivity index (χ2v) is 2.68. The molecule has 0 bridgehead atoms. The van der Waals surface area contributed by atoms with E-state index in [-0.39, 0.29) is 0 Å². The number of primary amides is 1. The lowest BCUT2D eigenvalue weighted by atomic mass is 10.0. The zero-order chi connectivity index (χ0) is 10.0. The summed E-state index contributed by atoms with van der Waals surface area (Å²) in [4.78, 5) is 33.6. The number of nitrogens with two attached hydrogens (primary N) is 2. The van der Waals surface area contributed by atoms with Gasteiger partial charge in [0.1, 0.15) is 6.04 Å². The Balaban J connectivity index is 2.59. The van der Waals surface area contributed by atoms with Crippen LogP contribution in [0.3, 0.4) is 0 Å². The Morgan fingerprint density at radius 2 is 2.00 bits per heavy atom. The fourth-order valence-corrected chi connectivity index (χ4v) is 1.12. The standard InChI is InChI=1S/C6H10N4O3/c7-4(11)3-1-2-10(3)6(13)5(12)9-8/h3H,1-2,8H2,(H2,7,11)(H,9,12). The summed E-state index contributed by atoms with van der Waals surface area (Å²) in [7, 11) is 0. The maximum atomic E-state index is 11.1. The second kappa shape index (κ2) is 3.40. The van der Waals surface area contributed by atoms with E-state index in [2.05, 4.69) is 0 Å². The van der Waals surface area contributed by atoms with Crippen molar-refractivity contribution in [3.63, 3.8) is 0 Å². The molecule has 7 nitrogen and oxygen atoms in total. The van der Waals surface area contributed by atoms with Gasteiger partial charge in [-0.2, -0.15) is 0 Å². The first kappa shape index (κ1) is 9.46. The summed E-state index contributed by atoms with van der Waals surface area (Å²) >= 11 is 0. The van der Waals surface area contributed by atoms with Crippen molar-refractivity contribution in [2.24, 2.45) is 11.6 Å². The summed E-state index contributed by atoms with van der Waals surface area (Å²) in [6, 6.07) is -0.662. The maximum absolute atomic E-state index is 11.1. The van der Waals surface area contributed by atoms with Crippen molar-refractivity contribution in [3.05, 3.63) is 0 Å². The Kier molecular flexibility index (Phi) is 2.47. The molecule has 1 atom stereocenters. The third-order valence-electron chi connectivity index (χ3n) is 1.93. The second-order valence-electron chi connectivity index (χ2n) is 2.68. The van der Waals surface area contributed by atoms with Crippen LogP contribution in [0.1, 0.15) is 6.42 Å². The molecule has 7 heteroatoms. The summed E-state index contributed by atoms with van der Waals surface area (Å²) in [5, 5.41) is 0. The van der Waals surface area contributed by atoms with Crippen LogP contribution < -0.4 is 17.0 Å². The number of hydrogen-bond donors (Lipinski definition) is 3. The van der Waals surface area contributed by atoms with E-state index in [0.29, 0.717) is 13.0 Å². The molecule has 0 aromatic carbocycles. The average Bonchev–Trinajstić information content (AvgIpc) is 1.99. The molecule has 1 saturated heterocycles. The van der Waals surface area contributed by atoms with Gasteiger partial charge >= 0.3 is 11.8 Å². The number of hydrogen-bond acceptors (Lipinski definition) is 4. The minimum absolute atomic E-state index is 0.361. The molecule has 1 aliphatic heterocycles. The van der Waals surface area contributed by atoms with Gasteiger partial charge in [-0.25, -0.2) is 5.84 Å². The normalized spacial score (nSPS) is 20.4. The van der Waals surface area contributed by atoms with Crippen molar-refractivity contribution in [1.29, 1.82) is 0 Å². The molecular weight excluding hydrogens is 176 g/mol. The van der Waals surface area contributed by atoms with Crippen molar-refractivity contribution < 1.29 is 14.4 Å². The predicted molar refractivity (Wildman–Crippen MR) is 41.6 cm³/mol. The van der Waals surface area contributed by atoms with Gasteiger partial charge in [0.15, 0.2) is 0 Å². The molecule has 1 rings (SSSR count). The lowest BCUT2D eigenvalue weighted by Crippen LogP contribution is -2.60. The molecule has 5 N–H and O–H groups in total. The van der Waals surface area contributed by atoms with Crippen LogP contribution in [0.25, 0.3) is 0 Å². The van der Waals surface area contributed by atoms with Crippen LogP contribution in [-0.4, -0.2) is 35.2 Å². The first-order valence-corrected chi connectivity index (χ1v) is 3.68. The molecule has 3 amide bonds. The molecule has 1 aliphatic rings. The zero-order valence-electron chi connectivity index (χ0n) is 6.82. The van der Waals surface area contributed by atoms with Crippen molar-refractivity contribution >= 4 is 17.7 Å². The van der Waals surface area contributed by atoms with E-state index in [9.17, 15) is 14.4 Å². The van der Waals surface area contributed by atoms with Crippen LogP contribution in [0.15, 0.2) is 0 Å². The van der Waals surface area contributed by atoms with Crippen LogP contribution in [0.5, 0.6) is 0 Å². The lowest BCUT2D eigenvalue weighted by molar-refractivity contribution is -0.154. The lowest BCUT2D eigenvalue weighted by Gasteiger charge is -2.37. The van der Waals surface area contributed by atoms with Crippen LogP contribution in [0.2, 0.25) is 0 Å². The Bertz CT molecular complexity index is 265. The molecule has 0 radical (unpaired) electrons. The number of carbonyl (C=O) groups excluding carboxylic acids is 3. The highest BCUT2D eigenvalue weighted by Crippen LogP contribution is 2.16. The quantitative estimate of drug-likeness (QED) is 0.176. The molecule has 0 aromatic rings. The highest BCUT2D eigenvalue weighted by Gasteiger charge is 2.38. The van der Waals surface area contributed by atoms with Crippen LogP contribution in [0.4, 0.5) is 0 Å². The zero-order valence-corrected chi connectivity index (χ0v) is 6.82. The van der Waals surface area contributed by atoms with Crippen molar-refractivity contribution in [2.75, 3.05) is 6.54 Å². The van der Waals surface area contributed by atoms with Gasteiger partial charge < -0.3 is 10.6 Å². The summed E-state index contributed by atoms with van der Waals surface area (Å²) in [5.74, 6) is 2.38. The van der Waals surface area contributed by atoms with Gasteiger partial charge in [0.25, 0.3) is 0 Å². The summed E-state index contributed by atoms with van der Waals surface area (Å²) in [5.41, 5.74) is 6.66. The molecule has 72 valence electrons. The Morgan fingerprint density at radius 3 is 2.31 bits per heavy atom. The SMILES string of the molecule is NNC(=O)C(=O)N1CCC1C(N)=O. The maximum Gasteiger partial charge on any atom is 0.323 e. The Hall–Kier alpha value is -1.63. The van der Waals surface area contributed by atoms with Gasteiger partial charge in [-0.1, -0.05) is 0 Å². The van der Waals surface area contributed by atoms with E-state index >= 15 is 0 Å². The van der Waals surface area contributed by atoms with E-state index < -0.39 is 23.8 Å². The van der Waals surface area contributed by atoms with E-state index in [1.54, 1.807) is 5.43 Å². The summed E-state index contributed by atoms with van der Waals surface area (Å²) in [6.45, 7) is 0.361. The van der Waals surface area contributed by atoms with Gasteiger partial charge in [0.2, 0.25) is 5.91 Å². The van der Waals surface area contributed by atoms with Crippen LogP contribution in [-0.2, 0) is 14.4 Å². The number of carbonyl (C=O) groups is 3. The van der Waals surface area contributed by atoms with Crippen molar-refractivity contribution in [1.82, 2.24) is 10.3 Å². The molecule has 0 aromatic heterocycles. The molecular formula is C6H10N4O3. The minimum atomic E-state index is -0.939. The number of hydrazine groups is 1. The fourth-order valence-electron chi connectivity index (χ4n) is 1.12. The minimum Gasteiger partial charge on any atom is -0.368 e. The van der Waals surface area contributed by atoms with Crippen molar-refractivity contribution in [3.8, 4) is 0 Å². The van der Waals surface area contributed by atoms with Crippen molar-refractivity contribution in [2.45, 2.75) is 12.5 Å². The topological polar surface area (TPSA) is 119 Å². The van der Waals surface area contributed by atoms with Crippen LogP contribution in [0, 0.1) is 0 Å². The monoisotopic (exact) mass is 186 g/mol. The van der Waals surface area contributed by atoms with Gasteiger partial charge in [-0.15, -0.1) is 0 Å². The molecule has 1 heterocycles. The number of rotatable bonds is 1. The fraction of sp³-hybridized carbons (Fsp3) is 0.500. The molecule has 1 fully saturated rings. The number of nitrogens with one attached hydrogen (secondary N) is 1. The van der Waals surface area contributed by atoms with Gasteiger partial charge in [-0.3, -0.25) is 19.8 Å². The predicted octanol–water partition coefficient (Wildman–Crippen LogP) is -2.94. The molecule has 0 spiro atoms. The molecule has 1 unspecified atom stereocenters. The molecule has 0 saturated carbocycles. The number of nitrogens with zero attached hydrogens (tertiary/aromatic N) is 1. The third kappa shape index (κ3) is 1.59. The number of likely N-dealkylation sites (tertiary alicyclic amines) is 1. The molecule has 0 aliphatic carbocycles. The Labute approximate surface area is 74.0 Å². The molecule has 13 heavy (non-hydrogen) atoms. The number of amides is 3. The first-order valence-electron chi connectivity index (χ1n) is 3.68. The van der Waals surface area contributed by atoms with Gasteiger partial charge in [-0.05, 0) is 6.42 Å².